The molecule has 1 aromatic heterocycles. The number of ketones is 1. The molecule has 6 rings (SSSR count). The predicted molar refractivity (Wildman–Crippen MR) is 140 cm³/mol. The summed E-state index contributed by atoms with van der Waals surface area (Å²) in [5.74, 6) is 1.85. The minimum Gasteiger partial charge on any atom is -0.356 e. The molecule has 37 heavy (non-hydrogen) atoms. The van der Waals surface area contributed by atoms with Gasteiger partial charge in [-0.15, -0.1) is 0 Å². The minimum absolute atomic E-state index is 0.0192. The zero-order valence-corrected chi connectivity index (χ0v) is 20.8. The lowest BCUT2D eigenvalue weighted by Gasteiger charge is -2.36. The fraction of sp³-hybridized carbons (Fsp3) is 0.367. The van der Waals surface area contributed by atoms with Crippen LogP contribution in [0.3, 0.4) is 0 Å². The minimum atomic E-state index is -0.0192. The Bertz CT molecular complexity index is 1380. The predicted octanol–water partition coefficient (Wildman–Crippen LogP) is 4.41. The summed E-state index contributed by atoms with van der Waals surface area (Å²) < 4.78 is 0. The van der Waals surface area contributed by atoms with E-state index in [9.17, 15) is 14.9 Å². The van der Waals surface area contributed by atoms with Crippen LogP contribution in [0.15, 0.2) is 54.9 Å². The van der Waals surface area contributed by atoms with Crippen molar-refractivity contribution < 1.29 is 9.59 Å². The van der Waals surface area contributed by atoms with Gasteiger partial charge >= 0.3 is 0 Å². The first-order chi connectivity index (χ1) is 18.1. The van der Waals surface area contributed by atoms with Crippen molar-refractivity contribution in [2.24, 2.45) is 11.8 Å². The summed E-state index contributed by atoms with van der Waals surface area (Å²) in [6, 6.07) is 17.2. The number of benzene rings is 2. The Balaban J connectivity index is 1.17. The topological polar surface area (TPSA) is 90.2 Å². The van der Waals surface area contributed by atoms with Crippen LogP contribution in [0.2, 0.25) is 0 Å². The van der Waals surface area contributed by atoms with E-state index in [1.807, 2.05) is 47.4 Å². The Morgan fingerprint density at radius 2 is 1.62 bits per heavy atom. The summed E-state index contributed by atoms with van der Waals surface area (Å²) in [6.45, 7) is 2.71. The van der Waals surface area contributed by atoms with E-state index >= 15 is 0 Å². The number of fused-ring (bicyclic) bond motifs is 1. The highest BCUT2D eigenvalue weighted by atomic mass is 16.2. The summed E-state index contributed by atoms with van der Waals surface area (Å²) in [4.78, 5) is 39.2. The van der Waals surface area contributed by atoms with Crippen LogP contribution in [-0.4, -0.2) is 46.2 Å². The standard InChI is InChI=1S/C30H29N5O2/c31-17-24-3-1-2-4-25(24)20-5-9-23(10-6-20)30(37)35-16-13-27-26(18-35)29(33-19-32-27)34-14-11-22(12-15-34)28(36)21-7-8-21/h1-6,9-10,19,21-22H,7-8,11-16,18H2. The fourth-order valence-corrected chi connectivity index (χ4v) is 5.66. The van der Waals surface area contributed by atoms with Gasteiger partial charge in [0.05, 0.1) is 23.9 Å². The molecule has 3 heterocycles. The quantitative estimate of drug-likeness (QED) is 0.525. The van der Waals surface area contributed by atoms with Crippen molar-refractivity contribution in [2.75, 3.05) is 24.5 Å². The third-order valence-electron chi connectivity index (χ3n) is 7.93. The molecule has 0 unspecified atom stereocenters. The number of Topliss-reactive ketones (excluding diaryl/α,β-unsaturated/α-hetero) is 1. The van der Waals surface area contributed by atoms with Crippen LogP contribution in [-0.2, 0) is 17.8 Å². The second kappa shape index (κ2) is 9.78. The van der Waals surface area contributed by atoms with E-state index in [1.165, 1.54) is 0 Å². The summed E-state index contributed by atoms with van der Waals surface area (Å²) in [7, 11) is 0. The molecule has 1 saturated carbocycles. The Morgan fingerprint density at radius 1 is 0.892 bits per heavy atom. The zero-order chi connectivity index (χ0) is 25.4. The highest BCUT2D eigenvalue weighted by Crippen LogP contribution is 2.36. The van der Waals surface area contributed by atoms with Crippen LogP contribution < -0.4 is 4.90 Å². The van der Waals surface area contributed by atoms with Gasteiger partial charge in [-0.1, -0.05) is 30.3 Å². The smallest absolute Gasteiger partial charge is 0.254 e. The van der Waals surface area contributed by atoms with E-state index < -0.39 is 0 Å². The monoisotopic (exact) mass is 491 g/mol. The average Bonchev–Trinajstić information content (AvgIpc) is 3.82. The van der Waals surface area contributed by atoms with Crippen molar-refractivity contribution in [2.45, 2.75) is 38.6 Å². The van der Waals surface area contributed by atoms with E-state index in [1.54, 1.807) is 12.4 Å². The first-order valence-corrected chi connectivity index (χ1v) is 13.1. The lowest BCUT2D eigenvalue weighted by atomic mass is 9.90. The largest absolute Gasteiger partial charge is 0.356 e. The summed E-state index contributed by atoms with van der Waals surface area (Å²) in [6.07, 6.45) is 6.21. The van der Waals surface area contributed by atoms with Gasteiger partial charge < -0.3 is 9.80 Å². The number of nitriles is 1. The van der Waals surface area contributed by atoms with E-state index in [2.05, 4.69) is 20.9 Å². The molecule has 1 saturated heterocycles. The number of nitrogens with zero attached hydrogens (tertiary/aromatic N) is 5. The molecule has 7 nitrogen and oxygen atoms in total. The Kier molecular flexibility index (Phi) is 6.17. The number of hydrogen-bond donors (Lipinski definition) is 0. The number of anilines is 1. The summed E-state index contributed by atoms with van der Waals surface area (Å²) in [5.41, 5.74) is 5.04. The second-order valence-corrected chi connectivity index (χ2v) is 10.3. The van der Waals surface area contributed by atoms with Crippen LogP contribution in [0.25, 0.3) is 11.1 Å². The van der Waals surface area contributed by atoms with Crippen molar-refractivity contribution in [1.82, 2.24) is 14.9 Å². The van der Waals surface area contributed by atoms with Gasteiger partial charge in [-0.05, 0) is 55.0 Å². The third-order valence-corrected chi connectivity index (χ3v) is 7.93. The molecule has 1 aliphatic carbocycles. The molecule has 0 N–H and O–H groups in total. The van der Waals surface area contributed by atoms with Gasteiger partial charge in [0.15, 0.2) is 0 Å². The van der Waals surface area contributed by atoms with Crippen molar-refractivity contribution in [3.8, 4) is 17.2 Å². The third kappa shape index (κ3) is 4.60. The molecule has 0 spiro atoms. The Hall–Kier alpha value is -4.05. The van der Waals surface area contributed by atoms with Crippen LogP contribution in [0.5, 0.6) is 0 Å². The van der Waals surface area contributed by atoms with Gasteiger partial charge in [-0.2, -0.15) is 5.26 Å². The van der Waals surface area contributed by atoms with Crippen molar-refractivity contribution >= 4 is 17.5 Å². The molecule has 0 bridgehead atoms. The molecule has 2 aliphatic heterocycles. The molecule has 7 heteroatoms. The van der Waals surface area contributed by atoms with E-state index in [0.717, 1.165) is 67.0 Å². The molecule has 186 valence electrons. The molecule has 3 aliphatic rings. The van der Waals surface area contributed by atoms with Gasteiger partial charge in [0, 0.05) is 49.0 Å². The molecule has 0 radical (unpaired) electrons. The summed E-state index contributed by atoms with van der Waals surface area (Å²) in [5, 5.41) is 9.41. The van der Waals surface area contributed by atoms with Gasteiger partial charge in [-0.25, -0.2) is 9.97 Å². The molecular weight excluding hydrogens is 462 g/mol. The van der Waals surface area contributed by atoms with Gasteiger partial charge in [0.1, 0.15) is 17.9 Å². The molecule has 2 aromatic carbocycles. The maximum Gasteiger partial charge on any atom is 0.254 e. The lowest BCUT2D eigenvalue weighted by molar-refractivity contribution is -0.124. The molecule has 2 fully saturated rings. The Morgan fingerprint density at radius 3 is 2.35 bits per heavy atom. The van der Waals surface area contributed by atoms with Crippen LogP contribution >= 0.6 is 0 Å². The average molecular weight is 492 g/mol. The first-order valence-electron chi connectivity index (χ1n) is 13.1. The zero-order valence-electron chi connectivity index (χ0n) is 20.8. The van der Waals surface area contributed by atoms with Crippen molar-refractivity contribution in [3.05, 3.63) is 77.2 Å². The SMILES string of the molecule is N#Cc1ccccc1-c1ccc(C(=O)N2CCc3ncnc(N4CCC(C(=O)C5CC5)CC4)c3C2)cc1. The number of carbonyl (C=O) groups excluding carboxylic acids is 2. The second-order valence-electron chi connectivity index (χ2n) is 10.3. The highest BCUT2D eigenvalue weighted by Gasteiger charge is 2.37. The first kappa shape index (κ1) is 23.4. The molecule has 0 atom stereocenters. The molecule has 1 amide bonds. The maximum absolute atomic E-state index is 13.4. The van der Waals surface area contributed by atoms with Crippen molar-refractivity contribution in [3.63, 3.8) is 0 Å². The number of aromatic nitrogens is 2. The lowest BCUT2D eigenvalue weighted by Crippen LogP contribution is -2.41. The van der Waals surface area contributed by atoms with Crippen molar-refractivity contribution in [1.29, 1.82) is 5.26 Å². The fourth-order valence-electron chi connectivity index (χ4n) is 5.66. The number of carbonyl (C=O) groups is 2. The maximum atomic E-state index is 13.4. The van der Waals surface area contributed by atoms with Crippen LogP contribution in [0.4, 0.5) is 5.82 Å². The van der Waals surface area contributed by atoms with Gasteiger partial charge in [-0.3, -0.25) is 9.59 Å². The van der Waals surface area contributed by atoms with Gasteiger partial charge in [0.2, 0.25) is 0 Å². The van der Waals surface area contributed by atoms with Crippen LogP contribution in [0, 0.1) is 23.2 Å². The highest BCUT2D eigenvalue weighted by molar-refractivity contribution is 5.95. The van der Waals surface area contributed by atoms with Gasteiger partial charge in [0.25, 0.3) is 5.91 Å². The Labute approximate surface area is 216 Å². The normalized spacial score (nSPS) is 17.7. The number of rotatable bonds is 5. The van der Waals surface area contributed by atoms with E-state index in [-0.39, 0.29) is 11.8 Å². The summed E-state index contributed by atoms with van der Waals surface area (Å²) >= 11 is 0. The number of amides is 1. The molecular formula is C30H29N5O2. The number of piperidine rings is 1. The number of hydrogen-bond acceptors (Lipinski definition) is 6. The van der Waals surface area contributed by atoms with E-state index in [0.29, 0.717) is 42.3 Å². The molecule has 3 aromatic rings. The van der Waals surface area contributed by atoms with E-state index in [4.69, 9.17) is 0 Å². The van der Waals surface area contributed by atoms with Crippen LogP contribution in [0.1, 0.15) is 52.9 Å².